The molecule has 0 aliphatic heterocycles. The molecule has 32 heavy (non-hydrogen) atoms. The Morgan fingerprint density at radius 3 is 2.53 bits per heavy atom. The van der Waals surface area contributed by atoms with Crippen LogP contribution in [0.2, 0.25) is 5.02 Å². The van der Waals surface area contributed by atoms with Gasteiger partial charge in [-0.1, -0.05) is 29.8 Å². The molecule has 0 aliphatic carbocycles. The van der Waals surface area contributed by atoms with Crippen LogP contribution in [-0.4, -0.2) is 28.2 Å². The molecule has 2 aromatic carbocycles. The second-order valence-corrected chi connectivity index (χ2v) is 7.30. The van der Waals surface area contributed by atoms with Gasteiger partial charge in [0.1, 0.15) is 11.6 Å². The predicted molar refractivity (Wildman–Crippen MR) is 116 cm³/mol. The molecule has 3 rings (SSSR count). The molecule has 0 fully saturated rings. The standard InChI is InChI=1S/C23H22ClFN2O5/c1-31-17-5-2-14(3-6-17)12-32-13-16-10-26-21(22(29)18(16)11-28)23(30)27-9-15-4-7-20(25)19(24)8-15/h2-8,10,28-29H,9,11-13H2,1H3,(H,27,30). The highest BCUT2D eigenvalue weighted by Crippen LogP contribution is 2.25. The summed E-state index contributed by atoms with van der Waals surface area (Å²) in [6.07, 6.45) is 1.38. The Kier molecular flexibility index (Phi) is 7.99. The van der Waals surface area contributed by atoms with Crippen LogP contribution < -0.4 is 10.1 Å². The van der Waals surface area contributed by atoms with Crippen LogP contribution in [0, 0.1) is 5.82 Å². The first-order chi connectivity index (χ1) is 15.4. The highest BCUT2D eigenvalue weighted by Gasteiger charge is 2.19. The largest absolute Gasteiger partial charge is 0.505 e. The molecule has 3 N–H and O–H groups in total. The van der Waals surface area contributed by atoms with Crippen molar-refractivity contribution in [3.05, 3.63) is 87.4 Å². The van der Waals surface area contributed by atoms with Crippen molar-refractivity contribution >= 4 is 17.5 Å². The molecule has 3 aromatic rings. The SMILES string of the molecule is COc1ccc(COCc2cnc(C(=O)NCc3ccc(F)c(Cl)c3)c(O)c2CO)cc1. The Labute approximate surface area is 189 Å². The molecule has 0 radical (unpaired) electrons. The van der Waals surface area contributed by atoms with E-state index >= 15 is 0 Å². The number of nitrogens with zero attached hydrogens (tertiary/aromatic N) is 1. The summed E-state index contributed by atoms with van der Waals surface area (Å²) in [4.78, 5) is 16.5. The third-order valence-electron chi connectivity index (χ3n) is 4.74. The molecule has 0 unspecified atom stereocenters. The van der Waals surface area contributed by atoms with E-state index in [0.29, 0.717) is 17.7 Å². The van der Waals surface area contributed by atoms with E-state index in [9.17, 15) is 19.4 Å². The smallest absolute Gasteiger partial charge is 0.274 e. The number of ether oxygens (including phenoxy) is 2. The molecule has 0 aliphatic rings. The van der Waals surface area contributed by atoms with Crippen molar-refractivity contribution in [2.75, 3.05) is 7.11 Å². The first-order valence-corrected chi connectivity index (χ1v) is 10.0. The summed E-state index contributed by atoms with van der Waals surface area (Å²) >= 11 is 5.74. The lowest BCUT2D eigenvalue weighted by atomic mass is 10.1. The quantitative estimate of drug-likeness (QED) is 0.450. The van der Waals surface area contributed by atoms with Gasteiger partial charge in [-0.3, -0.25) is 4.79 Å². The van der Waals surface area contributed by atoms with Crippen LogP contribution in [0.25, 0.3) is 0 Å². The van der Waals surface area contributed by atoms with Crippen molar-refractivity contribution in [3.8, 4) is 11.5 Å². The normalized spacial score (nSPS) is 10.8. The molecule has 0 spiro atoms. The average Bonchev–Trinajstić information content (AvgIpc) is 2.80. The summed E-state index contributed by atoms with van der Waals surface area (Å²) in [5, 5.41) is 22.7. The number of methoxy groups -OCH3 is 1. The minimum atomic E-state index is -0.650. The number of amides is 1. The zero-order valence-corrected chi connectivity index (χ0v) is 18.0. The minimum absolute atomic E-state index is 0.0562. The third-order valence-corrected chi connectivity index (χ3v) is 5.03. The summed E-state index contributed by atoms with van der Waals surface area (Å²) in [6, 6.07) is 11.4. The third kappa shape index (κ3) is 5.73. The Morgan fingerprint density at radius 1 is 1.16 bits per heavy atom. The van der Waals surface area contributed by atoms with Crippen molar-refractivity contribution in [1.29, 1.82) is 0 Å². The monoisotopic (exact) mass is 460 g/mol. The van der Waals surface area contributed by atoms with Crippen molar-refractivity contribution < 1.29 is 28.9 Å². The van der Waals surface area contributed by atoms with Crippen LogP contribution in [0.15, 0.2) is 48.7 Å². The van der Waals surface area contributed by atoms with Crippen molar-refractivity contribution in [3.63, 3.8) is 0 Å². The van der Waals surface area contributed by atoms with Gasteiger partial charge >= 0.3 is 0 Å². The van der Waals surface area contributed by atoms with E-state index in [4.69, 9.17) is 21.1 Å². The number of halogens is 2. The van der Waals surface area contributed by atoms with Crippen molar-refractivity contribution in [1.82, 2.24) is 10.3 Å². The lowest BCUT2D eigenvalue weighted by molar-refractivity contribution is 0.0939. The van der Waals surface area contributed by atoms with Gasteiger partial charge in [0, 0.05) is 23.9 Å². The molecule has 0 atom stereocenters. The fourth-order valence-electron chi connectivity index (χ4n) is 2.96. The molecule has 7 nitrogen and oxygen atoms in total. The molecule has 0 saturated carbocycles. The number of aliphatic hydroxyl groups excluding tert-OH is 1. The molecule has 1 heterocycles. The Bertz CT molecular complexity index is 1090. The Morgan fingerprint density at radius 2 is 1.88 bits per heavy atom. The van der Waals surface area contributed by atoms with Crippen LogP contribution in [0.3, 0.4) is 0 Å². The number of carbonyl (C=O) groups is 1. The summed E-state index contributed by atoms with van der Waals surface area (Å²) < 4.78 is 24.0. The number of hydrogen-bond acceptors (Lipinski definition) is 6. The number of aromatic hydroxyl groups is 1. The predicted octanol–water partition coefficient (Wildman–Crippen LogP) is 3.73. The van der Waals surface area contributed by atoms with Gasteiger partial charge in [-0.15, -0.1) is 0 Å². The maximum absolute atomic E-state index is 13.3. The zero-order valence-electron chi connectivity index (χ0n) is 17.3. The van der Waals surface area contributed by atoms with E-state index in [1.54, 1.807) is 7.11 Å². The van der Waals surface area contributed by atoms with Gasteiger partial charge < -0.3 is 25.0 Å². The van der Waals surface area contributed by atoms with Gasteiger partial charge in [-0.05, 0) is 35.4 Å². The number of benzene rings is 2. The van der Waals surface area contributed by atoms with E-state index in [0.717, 1.165) is 11.3 Å². The molecular formula is C23H22ClFN2O5. The van der Waals surface area contributed by atoms with Gasteiger partial charge in [0.05, 0.1) is 32.0 Å². The second-order valence-electron chi connectivity index (χ2n) is 6.89. The highest BCUT2D eigenvalue weighted by molar-refractivity contribution is 6.30. The second kappa shape index (κ2) is 10.9. The summed E-state index contributed by atoms with van der Waals surface area (Å²) in [6.45, 7) is -0.0544. The van der Waals surface area contributed by atoms with Crippen LogP contribution in [-0.2, 0) is 31.1 Å². The van der Waals surface area contributed by atoms with E-state index < -0.39 is 24.1 Å². The van der Waals surface area contributed by atoms with E-state index in [1.165, 1.54) is 24.4 Å². The number of aliphatic hydroxyl groups is 1. The van der Waals surface area contributed by atoms with Gasteiger partial charge in [0.25, 0.3) is 5.91 Å². The topological polar surface area (TPSA) is 101 Å². The number of rotatable bonds is 9. The summed E-state index contributed by atoms with van der Waals surface area (Å²) in [5.41, 5.74) is 1.88. The maximum atomic E-state index is 13.3. The van der Waals surface area contributed by atoms with Crippen molar-refractivity contribution in [2.45, 2.75) is 26.4 Å². The highest BCUT2D eigenvalue weighted by atomic mass is 35.5. The number of nitrogens with one attached hydrogen (secondary N) is 1. The fourth-order valence-corrected chi connectivity index (χ4v) is 3.16. The van der Waals surface area contributed by atoms with Crippen molar-refractivity contribution in [2.24, 2.45) is 0 Å². The lowest BCUT2D eigenvalue weighted by Crippen LogP contribution is -2.24. The zero-order chi connectivity index (χ0) is 23.1. The number of aromatic nitrogens is 1. The molecule has 168 valence electrons. The van der Waals surface area contributed by atoms with Gasteiger partial charge in [0.15, 0.2) is 11.4 Å². The Hall–Kier alpha value is -3.20. The van der Waals surface area contributed by atoms with Crippen LogP contribution in [0.5, 0.6) is 11.5 Å². The lowest BCUT2D eigenvalue weighted by Gasteiger charge is -2.13. The van der Waals surface area contributed by atoms with Gasteiger partial charge in [0.2, 0.25) is 0 Å². The molecule has 9 heteroatoms. The fraction of sp³-hybridized carbons (Fsp3) is 0.217. The number of carbonyl (C=O) groups excluding carboxylic acids is 1. The minimum Gasteiger partial charge on any atom is -0.505 e. The molecule has 1 amide bonds. The van der Waals surface area contributed by atoms with Gasteiger partial charge in [-0.2, -0.15) is 0 Å². The molecule has 0 bridgehead atoms. The van der Waals surface area contributed by atoms with Crippen LogP contribution in [0.1, 0.15) is 32.7 Å². The summed E-state index contributed by atoms with van der Waals surface area (Å²) in [5.74, 6) is -0.892. The van der Waals surface area contributed by atoms with E-state index in [-0.39, 0.29) is 29.4 Å². The van der Waals surface area contributed by atoms with E-state index in [1.807, 2.05) is 24.3 Å². The molecule has 0 saturated heterocycles. The van der Waals surface area contributed by atoms with Gasteiger partial charge in [-0.25, -0.2) is 9.37 Å². The number of pyridine rings is 1. The first-order valence-electron chi connectivity index (χ1n) is 9.66. The maximum Gasteiger partial charge on any atom is 0.274 e. The average molecular weight is 461 g/mol. The number of hydrogen-bond donors (Lipinski definition) is 3. The summed E-state index contributed by atoms with van der Waals surface area (Å²) in [7, 11) is 1.59. The molecule has 1 aromatic heterocycles. The van der Waals surface area contributed by atoms with Crippen LogP contribution in [0.4, 0.5) is 4.39 Å². The van der Waals surface area contributed by atoms with E-state index in [2.05, 4.69) is 10.3 Å². The Balaban J connectivity index is 1.64. The van der Waals surface area contributed by atoms with Crippen LogP contribution >= 0.6 is 11.6 Å². The first kappa shape index (κ1) is 23.5. The molecular weight excluding hydrogens is 439 g/mol.